The maximum absolute atomic E-state index is 13.4. The van der Waals surface area contributed by atoms with Crippen LogP contribution in [0.2, 0.25) is 0 Å². The van der Waals surface area contributed by atoms with Gasteiger partial charge in [0, 0.05) is 18.2 Å². The monoisotopic (exact) mass is 359 g/mol. The van der Waals surface area contributed by atoms with E-state index in [1.54, 1.807) is 12.1 Å². The van der Waals surface area contributed by atoms with Crippen LogP contribution in [-0.2, 0) is 4.74 Å². The Morgan fingerprint density at radius 1 is 1.33 bits per heavy atom. The van der Waals surface area contributed by atoms with Gasteiger partial charge >= 0.3 is 0 Å². The van der Waals surface area contributed by atoms with Crippen molar-refractivity contribution in [1.29, 1.82) is 0 Å². The minimum atomic E-state index is -0.313. The minimum Gasteiger partial charge on any atom is -0.491 e. The topological polar surface area (TPSA) is 30.5 Å². The third-order valence-corrected chi connectivity index (χ3v) is 4.03. The summed E-state index contributed by atoms with van der Waals surface area (Å²) in [5.41, 5.74) is 0.104. The number of nitrogens with one attached hydrogen (secondary N) is 1. The lowest BCUT2D eigenvalue weighted by atomic mass is 10.1. The smallest absolute Gasteiger partial charge is 0.141 e. The van der Waals surface area contributed by atoms with E-state index in [1.165, 1.54) is 6.07 Å². The van der Waals surface area contributed by atoms with E-state index in [9.17, 15) is 4.39 Å². The van der Waals surface area contributed by atoms with Crippen LogP contribution in [0.15, 0.2) is 22.7 Å². The first-order valence-corrected chi connectivity index (χ1v) is 8.11. The van der Waals surface area contributed by atoms with Crippen LogP contribution < -0.4 is 10.1 Å². The van der Waals surface area contributed by atoms with Crippen molar-refractivity contribution in [3.05, 3.63) is 28.5 Å². The average Bonchev–Trinajstić information content (AvgIpc) is 2.85. The predicted octanol–water partition coefficient (Wildman–Crippen LogP) is 3.90. The molecule has 1 aliphatic heterocycles. The molecule has 0 amide bonds. The lowest BCUT2D eigenvalue weighted by Crippen LogP contribution is -2.41. The summed E-state index contributed by atoms with van der Waals surface area (Å²) in [5, 5.41) is 3.45. The second-order valence-corrected chi connectivity index (χ2v) is 7.33. The van der Waals surface area contributed by atoms with E-state index in [0.717, 1.165) is 19.4 Å². The first-order valence-electron chi connectivity index (χ1n) is 7.32. The summed E-state index contributed by atoms with van der Waals surface area (Å²) in [6.07, 6.45) is 2.34. The van der Waals surface area contributed by atoms with Crippen molar-refractivity contribution >= 4 is 15.9 Å². The van der Waals surface area contributed by atoms with E-state index in [4.69, 9.17) is 9.47 Å². The molecule has 0 bridgehead atoms. The zero-order valence-corrected chi connectivity index (χ0v) is 14.4. The van der Waals surface area contributed by atoms with E-state index in [0.29, 0.717) is 16.8 Å². The highest BCUT2D eigenvalue weighted by atomic mass is 79.9. The van der Waals surface area contributed by atoms with Crippen molar-refractivity contribution in [3.63, 3.8) is 0 Å². The summed E-state index contributed by atoms with van der Waals surface area (Å²) in [6.45, 7) is 7.75. The molecule has 3 nitrogen and oxygen atoms in total. The zero-order valence-electron chi connectivity index (χ0n) is 12.8. The summed E-state index contributed by atoms with van der Waals surface area (Å²) in [5.74, 6) is 0.225. The molecule has 118 valence electrons. The molecule has 0 saturated carbocycles. The Morgan fingerprint density at radius 3 is 2.71 bits per heavy atom. The molecule has 1 aliphatic rings. The number of halogens is 2. The van der Waals surface area contributed by atoms with Gasteiger partial charge in [0.05, 0.1) is 16.7 Å². The number of hydrogen-bond acceptors (Lipinski definition) is 3. The van der Waals surface area contributed by atoms with Crippen LogP contribution in [-0.4, -0.2) is 30.9 Å². The minimum absolute atomic E-state index is 0.0866. The number of hydrogen-bond donors (Lipinski definition) is 1. The normalized spacial score (nSPS) is 22.5. The first kappa shape index (κ1) is 16.7. The van der Waals surface area contributed by atoms with E-state index in [-0.39, 0.29) is 23.6 Å². The van der Waals surface area contributed by atoms with Crippen LogP contribution in [0.5, 0.6) is 5.75 Å². The van der Waals surface area contributed by atoms with Crippen LogP contribution in [0, 0.1) is 5.82 Å². The van der Waals surface area contributed by atoms with Crippen LogP contribution in [0.25, 0.3) is 0 Å². The van der Waals surface area contributed by atoms with Crippen LogP contribution in [0.1, 0.15) is 33.6 Å². The van der Waals surface area contributed by atoms with E-state index in [1.807, 2.05) is 0 Å². The van der Waals surface area contributed by atoms with Gasteiger partial charge in [-0.2, -0.15) is 0 Å². The molecule has 1 saturated heterocycles. The van der Waals surface area contributed by atoms with Crippen molar-refractivity contribution in [2.75, 3.05) is 13.2 Å². The highest BCUT2D eigenvalue weighted by Crippen LogP contribution is 2.24. The maximum Gasteiger partial charge on any atom is 0.141 e. The lowest BCUT2D eigenvalue weighted by Gasteiger charge is -2.23. The molecule has 1 heterocycles. The Hall–Kier alpha value is -0.650. The fraction of sp³-hybridized carbons (Fsp3) is 0.625. The molecule has 1 aromatic rings. The average molecular weight is 360 g/mol. The van der Waals surface area contributed by atoms with Gasteiger partial charge in [-0.05, 0) is 61.7 Å². The molecule has 5 heteroatoms. The Morgan fingerprint density at radius 2 is 2.05 bits per heavy atom. The molecule has 1 N–H and O–H groups in total. The van der Waals surface area contributed by atoms with Crippen LogP contribution in [0.4, 0.5) is 4.39 Å². The molecule has 0 aliphatic carbocycles. The molecule has 1 fully saturated rings. The number of benzene rings is 1. The third-order valence-electron chi connectivity index (χ3n) is 3.38. The molecule has 0 radical (unpaired) electrons. The molecule has 0 aromatic heterocycles. The van der Waals surface area contributed by atoms with Crippen molar-refractivity contribution in [3.8, 4) is 5.75 Å². The van der Waals surface area contributed by atoms with Gasteiger partial charge in [-0.1, -0.05) is 0 Å². The van der Waals surface area contributed by atoms with Gasteiger partial charge in [0.2, 0.25) is 0 Å². The first-order chi connectivity index (χ1) is 9.83. The van der Waals surface area contributed by atoms with Crippen molar-refractivity contribution in [2.45, 2.75) is 51.4 Å². The van der Waals surface area contributed by atoms with Crippen molar-refractivity contribution in [1.82, 2.24) is 5.32 Å². The third kappa shape index (κ3) is 5.57. The van der Waals surface area contributed by atoms with Gasteiger partial charge in [-0.15, -0.1) is 0 Å². The molecular formula is C16H23BrFNO2. The van der Waals surface area contributed by atoms with E-state index >= 15 is 0 Å². The van der Waals surface area contributed by atoms with Gasteiger partial charge < -0.3 is 14.8 Å². The Labute approximate surface area is 134 Å². The quantitative estimate of drug-likeness (QED) is 0.864. The molecule has 2 rings (SSSR count). The highest BCUT2D eigenvalue weighted by Gasteiger charge is 2.26. The molecule has 0 spiro atoms. The predicted molar refractivity (Wildman–Crippen MR) is 85.2 cm³/mol. The zero-order chi connectivity index (χ0) is 15.5. The molecule has 21 heavy (non-hydrogen) atoms. The fourth-order valence-electron chi connectivity index (χ4n) is 2.23. The molecule has 2 unspecified atom stereocenters. The second-order valence-electron chi connectivity index (χ2n) is 6.48. The second kappa shape index (κ2) is 7.07. The Bertz CT molecular complexity index is 476. The van der Waals surface area contributed by atoms with E-state index < -0.39 is 0 Å². The largest absolute Gasteiger partial charge is 0.491 e. The number of ether oxygens (including phenoxy) is 2. The fourth-order valence-corrected chi connectivity index (χ4v) is 2.48. The summed E-state index contributed by atoms with van der Waals surface area (Å²) in [7, 11) is 0. The summed E-state index contributed by atoms with van der Waals surface area (Å²) in [4.78, 5) is 0. The van der Waals surface area contributed by atoms with Crippen LogP contribution in [0.3, 0.4) is 0 Å². The van der Waals surface area contributed by atoms with Gasteiger partial charge in [0.1, 0.15) is 18.2 Å². The van der Waals surface area contributed by atoms with E-state index in [2.05, 4.69) is 42.0 Å². The Kier molecular flexibility index (Phi) is 5.63. The van der Waals surface area contributed by atoms with Gasteiger partial charge in [-0.25, -0.2) is 4.39 Å². The lowest BCUT2D eigenvalue weighted by molar-refractivity contribution is 0.0161. The van der Waals surface area contributed by atoms with Gasteiger partial charge in [0.15, 0.2) is 0 Å². The summed E-state index contributed by atoms with van der Waals surface area (Å²) >= 11 is 3.13. The Balaban J connectivity index is 1.74. The number of rotatable bonds is 5. The van der Waals surface area contributed by atoms with Gasteiger partial charge in [0.25, 0.3) is 0 Å². The SMILES string of the molecule is CC(C)(C)NCC1CCC(COc2ccc(Br)c(F)c2)O1. The van der Waals surface area contributed by atoms with Crippen LogP contribution >= 0.6 is 15.9 Å². The summed E-state index contributed by atoms with van der Waals surface area (Å²) < 4.78 is 25.4. The standard InChI is InChI=1S/C16H23BrFNO2/c1-16(2,3)19-9-12-4-5-13(21-12)10-20-11-6-7-14(17)15(18)8-11/h6-8,12-13,19H,4-5,9-10H2,1-3H3. The molecular weight excluding hydrogens is 337 g/mol. The van der Waals surface area contributed by atoms with Crippen molar-refractivity contribution in [2.24, 2.45) is 0 Å². The summed E-state index contributed by atoms with van der Waals surface area (Å²) in [6, 6.07) is 4.79. The maximum atomic E-state index is 13.4. The molecule has 2 atom stereocenters. The van der Waals surface area contributed by atoms with Gasteiger partial charge in [-0.3, -0.25) is 0 Å². The highest BCUT2D eigenvalue weighted by molar-refractivity contribution is 9.10. The van der Waals surface area contributed by atoms with Crippen molar-refractivity contribution < 1.29 is 13.9 Å². The molecule has 1 aromatic carbocycles.